The number of dihydropyridines is 1. The molecular weight excluding hydrogens is 614 g/mol. The van der Waals surface area contributed by atoms with E-state index in [1.807, 2.05) is 30.4 Å². The van der Waals surface area contributed by atoms with Crippen LogP contribution in [-0.4, -0.2) is 51.5 Å². The molecule has 8 nitrogen and oxygen atoms in total. The minimum absolute atomic E-state index is 0.0927. The van der Waals surface area contributed by atoms with Gasteiger partial charge in [0.15, 0.2) is 11.5 Å². The topological polar surface area (TPSA) is 122 Å². The van der Waals surface area contributed by atoms with Crippen molar-refractivity contribution < 1.29 is 24.8 Å². The second-order valence-electron chi connectivity index (χ2n) is 13.7. The number of ether oxygens (including phenoxy) is 2. The van der Waals surface area contributed by atoms with Crippen LogP contribution in [0.1, 0.15) is 74.1 Å². The van der Waals surface area contributed by atoms with Crippen LogP contribution in [0.15, 0.2) is 90.8 Å². The number of aromatic hydroxyl groups is 1. The molecule has 2 aliphatic heterocycles. The molecule has 8 heteroatoms. The smallest absolute Gasteiger partial charge is 0.161 e. The Labute approximate surface area is 289 Å². The van der Waals surface area contributed by atoms with E-state index < -0.39 is 6.10 Å². The van der Waals surface area contributed by atoms with Gasteiger partial charge in [-0.3, -0.25) is 0 Å². The number of phenolic OH excluding ortho intramolecular Hbond substituents is 1. The zero-order valence-corrected chi connectivity index (χ0v) is 28.6. The fourth-order valence-corrected chi connectivity index (χ4v) is 7.10. The molecule has 0 aliphatic carbocycles. The summed E-state index contributed by atoms with van der Waals surface area (Å²) in [6, 6.07) is 20.3. The molecule has 0 amide bonds. The van der Waals surface area contributed by atoms with Gasteiger partial charge in [-0.2, -0.15) is 0 Å². The number of fused-ring (bicyclic) bond motifs is 4. The number of rotatable bonds is 9. The first-order valence-corrected chi connectivity index (χ1v) is 17.8. The molecule has 3 heterocycles. The highest BCUT2D eigenvalue weighted by Gasteiger charge is 2.22. The second-order valence-corrected chi connectivity index (χ2v) is 13.7. The van der Waals surface area contributed by atoms with E-state index in [4.69, 9.17) is 15.2 Å². The fraction of sp³-hybridized carbons (Fsp3) is 0.415. The Morgan fingerprint density at radius 2 is 1.88 bits per heavy atom. The molecule has 49 heavy (non-hydrogen) atoms. The fourth-order valence-electron chi connectivity index (χ4n) is 7.10. The van der Waals surface area contributed by atoms with Crippen molar-refractivity contribution in [3.05, 3.63) is 113 Å². The van der Waals surface area contributed by atoms with Crippen LogP contribution in [0, 0.1) is 5.92 Å². The average molecular weight is 666 g/mol. The molecule has 4 unspecified atom stereocenters. The molecule has 0 saturated heterocycles. The Morgan fingerprint density at radius 1 is 1.02 bits per heavy atom. The largest absolute Gasteiger partial charge is 0.504 e. The van der Waals surface area contributed by atoms with E-state index in [1.165, 1.54) is 11.1 Å². The number of aliphatic hydroxyl groups excluding tert-OH is 2. The van der Waals surface area contributed by atoms with E-state index in [0.29, 0.717) is 37.5 Å². The van der Waals surface area contributed by atoms with E-state index in [-0.39, 0.29) is 31.2 Å². The molecule has 4 aromatic rings. The third kappa shape index (κ3) is 9.13. The van der Waals surface area contributed by atoms with Crippen LogP contribution < -0.4 is 15.8 Å². The third-order valence-electron chi connectivity index (χ3n) is 9.95. The lowest BCUT2D eigenvalue weighted by atomic mass is 9.92. The van der Waals surface area contributed by atoms with Crippen LogP contribution in [0.25, 0.3) is 16.6 Å². The van der Waals surface area contributed by atoms with Crippen molar-refractivity contribution in [2.45, 2.75) is 89.7 Å². The Kier molecular flexibility index (Phi) is 11.7. The molecule has 3 aromatic carbocycles. The summed E-state index contributed by atoms with van der Waals surface area (Å²) in [5.41, 5.74) is 11.8. The first-order valence-electron chi connectivity index (χ1n) is 17.8. The highest BCUT2D eigenvalue weighted by molar-refractivity contribution is 5.88. The summed E-state index contributed by atoms with van der Waals surface area (Å²) in [7, 11) is 0. The average Bonchev–Trinajstić information content (AvgIpc) is 3.54. The molecule has 260 valence electrons. The van der Waals surface area contributed by atoms with Gasteiger partial charge in [-0.15, -0.1) is 0 Å². The van der Waals surface area contributed by atoms with Gasteiger partial charge in [0.25, 0.3) is 0 Å². The normalized spacial score (nSPS) is 20.7. The van der Waals surface area contributed by atoms with Gasteiger partial charge in [-0.1, -0.05) is 61.9 Å². The molecule has 4 bridgehead atoms. The first kappa shape index (κ1) is 34.8. The molecule has 2 aliphatic rings. The maximum atomic E-state index is 11.2. The number of nitrogens with zero attached hydrogens (tertiary/aromatic N) is 1. The number of phenols is 1. The summed E-state index contributed by atoms with van der Waals surface area (Å²) in [6.45, 7) is 3.07. The number of nitrogens with one attached hydrogen (secondary N) is 1. The number of hydrogen-bond acceptors (Lipinski definition) is 7. The summed E-state index contributed by atoms with van der Waals surface area (Å²) in [4.78, 5) is 0. The lowest BCUT2D eigenvalue weighted by Gasteiger charge is -2.27. The summed E-state index contributed by atoms with van der Waals surface area (Å²) in [5, 5.41) is 37.0. The molecule has 6 rings (SSSR count). The number of aryl methyl sites for hydroxylation is 1. The van der Waals surface area contributed by atoms with Crippen molar-refractivity contribution in [3.63, 3.8) is 0 Å². The molecule has 1 aromatic heterocycles. The highest BCUT2D eigenvalue weighted by atomic mass is 16.5. The van der Waals surface area contributed by atoms with Crippen molar-refractivity contribution >= 4 is 16.6 Å². The summed E-state index contributed by atoms with van der Waals surface area (Å²) in [6.07, 6.45) is 14.4. The van der Waals surface area contributed by atoms with Crippen LogP contribution in [0.5, 0.6) is 11.5 Å². The van der Waals surface area contributed by atoms with Crippen LogP contribution in [0.3, 0.4) is 0 Å². The van der Waals surface area contributed by atoms with Gasteiger partial charge in [0, 0.05) is 35.3 Å². The first-order chi connectivity index (χ1) is 23.9. The minimum Gasteiger partial charge on any atom is -0.504 e. The third-order valence-corrected chi connectivity index (χ3v) is 9.95. The molecule has 0 fully saturated rings. The quantitative estimate of drug-likeness (QED) is 0.133. The monoisotopic (exact) mass is 665 g/mol. The van der Waals surface area contributed by atoms with Crippen molar-refractivity contribution in [1.82, 2.24) is 9.88 Å². The van der Waals surface area contributed by atoms with Crippen molar-refractivity contribution in [3.8, 4) is 11.5 Å². The lowest BCUT2D eigenvalue weighted by molar-refractivity contribution is 0.0146. The second kappa shape index (κ2) is 16.5. The van der Waals surface area contributed by atoms with Crippen molar-refractivity contribution in [2.75, 3.05) is 13.2 Å². The van der Waals surface area contributed by atoms with Gasteiger partial charge in [-0.25, -0.2) is 0 Å². The number of benzene rings is 3. The number of hydrogen-bond donors (Lipinski definition) is 5. The predicted molar refractivity (Wildman–Crippen MR) is 195 cm³/mol. The molecule has 0 saturated carbocycles. The van der Waals surface area contributed by atoms with Gasteiger partial charge < -0.3 is 40.4 Å². The zero-order valence-electron chi connectivity index (χ0n) is 28.6. The number of aromatic nitrogens is 1. The SMILES string of the molecule is CCC(CCCO)CCC1CC(O)CCc2ccc(O)c(c2)OCc2cc(Cc3ccccc3)cc3cn(cc23)C2=C(C=CC(N)N2)CO1. The summed E-state index contributed by atoms with van der Waals surface area (Å²) < 4.78 is 15.1. The molecule has 0 radical (unpaired) electrons. The van der Waals surface area contributed by atoms with E-state index in [9.17, 15) is 15.3 Å². The maximum Gasteiger partial charge on any atom is 0.161 e. The number of nitrogens with two attached hydrogens (primary N) is 1. The van der Waals surface area contributed by atoms with E-state index in [1.54, 1.807) is 6.07 Å². The van der Waals surface area contributed by atoms with Gasteiger partial charge in [0.2, 0.25) is 0 Å². The van der Waals surface area contributed by atoms with Gasteiger partial charge in [0.1, 0.15) is 12.4 Å². The molecule has 4 atom stereocenters. The molecular formula is C41H51N3O5. The lowest BCUT2D eigenvalue weighted by Crippen LogP contribution is -2.38. The van der Waals surface area contributed by atoms with E-state index in [0.717, 1.165) is 71.8 Å². The highest BCUT2D eigenvalue weighted by Crippen LogP contribution is 2.32. The standard InChI is InChI=1S/C41H51N3O5/c1-2-28(9-6-18-45)11-15-36-23-35(46)14-10-30-12-16-38(47)39(22-30)49-27-34-21-31(19-29-7-4-3-5-8-29)20-33-24-44(25-37(33)34)41-32(26-48-36)13-17-40(42)43-41/h3-5,7-8,12-13,16-17,20-22,24-25,28,35-36,40,43,45-47H,2,6,9-11,14-15,18-19,23,26-27,42H2,1H3. The minimum atomic E-state index is -0.547. The van der Waals surface area contributed by atoms with Crippen LogP contribution in [0.2, 0.25) is 0 Å². The van der Waals surface area contributed by atoms with Gasteiger partial charge in [0.05, 0.1) is 25.0 Å². The van der Waals surface area contributed by atoms with E-state index >= 15 is 0 Å². The van der Waals surface area contributed by atoms with Gasteiger partial charge >= 0.3 is 0 Å². The van der Waals surface area contributed by atoms with Crippen LogP contribution >= 0.6 is 0 Å². The summed E-state index contributed by atoms with van der Waals surface area (Å²) >= 11 is 0. The Bertz CT molecular complexity index is 1750. The number of aliphatic hydroxyl groups is 2. The van der Waals surface area contributed by atoms with Crippen molar-refractivity contribution in [2.24, 2.45) is 11.7 Å². The van der Waals surface area contributed by atoms with Crippen LogP contribution in [0.4, 0.5) is 0 Å². The van der Waals surface area contributed by atoms with Crippen molar-refractivity contribution in [1.29, 1.82) is 0 Å². The Hall–Kier alpha value is -4.08. The van der Waals surface area contributed by atoms with E-state index in [2.05, 4.69) is 65.6 Å². The predicted octanol–water partition coefficient (Wildman–Crippen LogP) is 6.79. The summed E-state index contributed by atoms with van der Waals surface area (Å²) in [5.74, 6) is 1.89. The Balaban J connectivity index is 1.38. The van der Waals surface area contributed by atoms with Crippen LogP contribution in [-0.2, 0) is 24.2 Å². The maximum absolute atomic E-state index is 11.2. The Morgan fingerprint density at radius 3 is 2.69 bits per heavy atom. The molecule has 0 spiro atoms. The van der Waals surface area contributed by atoms with Gasteiger partial charge in [-0.05, 0) is 104 Å². The zero-order chi connectivity index (χ0) is 34.2. The molecule has 6 N–H and O–H groups in total.